The van der Waals surface area contributed by atoms with Crippen LogP contribution in [0.4, 0.5) is 0 Å². The molecule has 0 aliphatic carbocycles. The van der Waals surface area contributed by atoms with Crippen LogP contribution in [-0.4, -0.2) is 17.4 Å². The first-order valence-corrected chi connectivity index (χ1v) is 4.75. The molecule has 4 nitrogen and oxygen atoms in total. The number of aromatic nitrogens is 1. The molecule has 1 amide bonds. The molecule has 1 atom stereocenters. The van der Waals surface area contributed by atoms with Crippen LogP contribution in [0.3, 0.4) is 0 Å². The second-order valence-electron chi connectivity index (χ2n) is 3.25. The Kier molecular flexibility index (Phi) is 2.39. The summed E-state index contributed by atoms with van der Waals surface area (Å²) in [4.78, 5) is 15.1. The van der Waals surface area contributed by atoms with Gasteiger partial charge >= 0.3 is 0 Å². The van der Waals surface area contributed by atoms with E-state index in [0.717, 1.165) is 18.5 Å². The number of halogens is 1. The van der Waals surface area contributed by atoms with Crippen LogP contribution in [0.2, 0.25) is 5.15 Å². The Labute approximate surface area is 86.5 Å². The topological polar surface area (TPSA) is 68.0 Å². The second-order valence-corrected chi connectivity index (χ2v) is 3.64. The zero-order valence-electron chi connectivity index (χ0n) is 7.46. The summed E-state index contributed by atoms with van der Waals surface area (Å²) < 4.78 is 0. The van der Waals surface area contributed by atoms with Crippen molar-refractivity contribution in [3.05, 3.63) is 28.5 Å². The van der Waals surface area contributed by atoms with Gasteiger partial charge in [0.05, 0.1) is 0 Å². The van der Waals surface area contributed by atoms with E-state index in [4.69, 9.17) is 17.3 Å². The maximum Gasteiger partial charge on any atom is 0.249 e. The number of amides is 1. The van der Waals surface area contributed by atoms with Gasteiger partial charge in [0.1, 0.15) is 5.15 Å². The van der Waals surface area contributed by atoms with Gasteiger partial charge in [-0.15, -0.1) is 0 Å². The van der Waals surface area contributed by atoms with Crippen molar-refractivity contribution < 1.29 is 4.79 Å². The van der Waals surface area contributed by atoms with Crippen LogP contribution in [0.5, 0.6) is 0 Å². The van der Waals surface area contributed by atoms with Gasteiger partial charge in [-0.3, -0.25) is 4.79 Å². The molecular weight excluding hydrogens is 202 g/mol. The lowest BCUT2D eigenvalue weighted by Gasteiger charge is -2.28. The molecule has 3 N–H and O–H groups in total. The van der Waals surface area contributed by atoms with Gasteiger partial charge in [0.2, 0.25) is 5.91 Å². The molecule has 1 fully saturated rings. The third-order valence-corrected chi connectivity index (χ3v) is 2.57. The van der Waals surface area contributed by atoms with Gasteiger partial charge in [-0.2, -0.15) is 0 Å². The third-order valence-electron chi connectivity index (χ3n) is 2.37. The number of hydrogen-bond acceptors (Lipinski definition) is 3. The molecule has 74 valence electrons. The van der Waals surface area contributed by atoms with E-state index in [1.54, 1.807) is 6.20 Å². The van der Waals surface area contributed by atoms with Crippen molar-refractivity contribution in [3.8, 4) is 0 Å². The number of nitrogens with one attached hydrogen (secondary N) is 1. The van der Waals surface area contributed by atoms with Crippen LogP contribution in [0, 0.1) is 0 Å². The Morgan fingerprint density at radius 1 is 1.71 bits per heavy atom. The molecule has 2 heterocycles. The largest absolute Gasteiger partial charge is 0.366 e. The first-order chi connectivity index (χ1) is 6.68. The Morgan fingerprint density at radius 2 is 2.43 bits per heavy atom. The predicted molar refractivity (Wildman–Crippen MR) is 53.1 cm³/mol. The number of carbonyl (C=O) groups excluding carboxylic acids is 1. The molecule has 0 spiro atoms. The molecule has 2 rings (SSSR count). The maximum atomic E-state index is 11.1. The molecule has 5 heteroatoms. The fourth-order valence-electron chi connectivity index (χ4n) is 1.49. The fourth-order valence-corrected chi connectivity index (χ4v) is 1.64. The Bertz CT molecular complexity index is 376. The van der Waals surface area contributed by atoms with Crippen molar-refractivity contribution in [2.75, 3.05) is 6.54 Å². The number of hydrogen-bond donors (Lipinski definition) is 2. The summed E-state index contributed by atoms with van der Waals surface area (Å²) in [7, 11) is 0. The molecule has 0 saturated carbocycles. The first-order valence-electron chi connectivity index (χ1n) is 4.37. The SMILES string of the molecule is NC(=O)c1cc(Cl)ncc1[C@H]1CCN1. The molecule has 14 heavy (non-hydrogen) atoms. The monoisotopic (exact) mass is 211 g/mol. The van der Waals surface area contributed by atoms with E-state index >= 15 is 0 Å². The smallest absolute Gasteiger partial charge is 0.249 e. The minimum Gasteiger partial charge on any atom is -0.366 e. The van der Waals surface area contributed by atoms with E-state index < -0.39 is 5.91 Å². The van der Waals surface area contributed by atoms with Crippen molar-refractivity contribution in [2.24, 2.45) is 5.73 Å². The molecule has 1 saturated heterocycles. The van der Waals surface area contributed by atoms with E-state index in [1.807, 2.05) is 0 Å². The highest BCUT2D eigenvalue weighted by atomic mass is 35.5. The quantitative estimate of drug-likeness (QED) is 0.714. The van der Waals surface area contributed by atoms with Gasteiger partial charge in [0, 0.05) is 23.4 Å². The molecule has 1 aromatic heterocycles. The predicted octanol–water partition coefficient (Wildman–Crippen LogP) is 0.868. The summed E-state index contributed by atoms with van der Waals surface area (Å²) in [5, 5.41) is 3.48. The van der Waals surface area contributed by atoms with Gasteiger partial charge in [0.15, 0.2) is 0 Å². The number of carbonyl (C=O) groups is 1. The van der Waals surface area contributed by atoms with Gasteiger partial charge in [-0.05, 0) is 19.0 Å². The number of pyridine rings is 1. The summed E-state index contributed by atoms with van der Waals surface area (Å²) in [5.74, 6) is -0.460. The summed E-state index contributed by atoms with van der Waals surface area (Å²) in [6, 6.07) is 1.71. The number of nitrogens with zero attached hydrogens (tertiary/aromatic N) is 1. The van der Waals surface area contributed by atoms with E-state index in [1.165, 1.54) is 6.07 Å². The highest BCUT2D eigenvalue weighted by Crippen LogP contribution is 2.26. The van der Waals surface area contributed by atoms with Crippen LogP contribution in [0.25, 0.3) is 0 Å². The average Bonchev–Trinajstić information content (AvgIpc) is 2.04. The van der Waals surface area contributed by atoms with Crippen molar-refractivity contribution in [1.29, 1.82) is 0 Å². The molecule has 0 unspecified atom stereocenters. The molecule has 0 aromatic carbocycles. The maximum absolute atomic E-state index is 11.1. The summed E-state index contributed by atoms with van der Waals surface area (Å²) >= 11 is 5.69. The number of nitrogens with two attached hydrogens (primary N) is 1. The average molecular weight is 212 g/mol. The van der Waals surface area contributed by atoms with Gasteiger partial charge in [-0.1, -0.05) is 11.6 Å². The summed E-state index contributed by atoms with van der Waals surface area (Å²) in [5.41, 5.74) is 6.55. The van der Waals surface area contributed by atoms with Gasteiger partial charge < -0.3 is 11.1 Å². The van der Waals surface area contributed by atoms with E-state index in [0.29, 0.717) is 10.7 Å². The lowest BCUT2D eigenvalue weighted by atomic mass is 9.95. The first kappa shape index (κ1) is 9.43. The van der Waals surface area contributed by atoms with Crippen LogP contribution in [0.1, 0.15) is 28.4 Å². The molecular formula is C9H10ClN3O. The van der Waals surface area contributed by atoms with Crippen molar-refractivity contribution >= 4 is 17.5 Å². The van der Waals surface area contributed by atoms with Crippen LogP contribution < -0.4 is 11.1 Å². The molecule has 0 radical (unpaired) electrons. The lowest BCUT2D eigenvalue weighted by molar-refractivity contribution is 0.0998. The minimum atomic E-state index is -0.460. The Hall–Kier alpha value is -1.13. The van der Waals surface area contributed by atoms with E-state index in [2.05, 4.69) is 10.3 Å². The zero-order chi connectivity index (χ0) is 10.1. The molecule has 1 aromatic rings. The van der Waals surface area contributed by atoms with Crippen LogP contribution >= 0.6 is 11.6 Å². The van der Waals surface area contributed by atoms with Crippen molar-refractivity contribution in [2.45, 2.75) is 12.5 Å². The van der Waals surface area contributed by atoms with Crippen molar-refractivity contribution in [1.82, 2.24) is 10.3 Å². The highest BCUT2D eigenvalue weighted by molar-refractivity contribution is 6.29. The zero-order valence-corrected chi connectivity index (χ0v) is 8.21. The number of primary amides is 1. The highest BCUT2D eigenvalue weighted by Gasteiger charge is 2.23. The van der Waals surface area contributed by atoms with Crippen LogP contribution in [-0.2, 0) is 0 Å². The molecule has 1 aliphatic rings. The van der Waals surface area contributed by atoms with Crippen molar-refractivity contribution in [3.63, 3.8) is 0 Å². The normalized spacial score (nSPS) is 20.2. The van der Waals surface area contributed by atoms with E-state index in [9.17, 15) is 4.79 Å². The minimum absolute atomic E-state index is 0.197. The fraction of sp³-hybridized carbons (Fsp3) is 0.333. The van der Waals surface area contributed by atoms with E-state index in [-0.39, 0.29) is 6.04 Å². The Morgan fingerprint density at radius 3 is 2.93 bits per heavy atom. The molecule has 0 bridgehead atoms. The van der Waals surface area contributed by atoms with Gasteiger partial charge in [0.25, 0.3) is 0 Å². The summed E-state index contributed by atoms with van der Waals surface area (Å²) in [6.07, 6.45) is 2.61. The molecule has 1 aliphatic heterocycles. The van der Waals surface area contributed by atoms with Gasteiger partial charge in [-0.25, -0.2) is 4.98 Å². The summed E-state index contributed by atoms with van der Waals surface area (Å²) in [6.45, 7) is 0.964. The van der Waals surface area contributed by atoms with Crippen LogP contribution in [0.15, 0.2) is 12.3 Å². The second kappa shape index (κ2) is 3.55. The number of rotatable bonds is 2. The Balaban J connectivity index is 2.41. The lowest BCUT2D eigenvalue weighted by Crippen LogP contribution is -2.36. The third kappa shape index (κ3) is 1.58. The standard InChI is InChI=1S/C9H10ClN3O/c10-8-3-5(9(11)14)6(4-13-8)7-1-2-12-7/h3-4,7,12H,1-2H2,(H2,11,14)/t7-/m1/s1.